The molecule has 11 heteroatoms. The van der Waals surface area contributed by atoms with Crippen molar-refractivity contribution in [1.29, 1.82) is 0 Å². The van der Waals surface area contributed by atoms with E-state index in [0.29, 0.717) is 32.9 Å². The van der Waals surface area contributed by atoms with Gasteiger partial charge in [-0.3, -0.25) is 14.5 Å². The molecule has 0 saturated heterocycles. The molecule has 0 aliphatic carbocycles. The SMILES string of the molecule is Cn1cc(-c2cnc3ccc4ccc(CS(=O)(=O)NCc5csnn5)cc4c(=O)c3c2)cn1. The van der Waals surface area contributed by atoms with Gasteiger partial charge >= 0.3 is 0 Å². The Labute approximate surface area is 193 Å². The minimum atomic E-state index is -3.63. The highest BCUT2D eigenvalue weighted by molar-refractivity contribution is 7.88. The second-order valence-corrected chi connectivity index (χ2v) is 10.0. The number of nitrogens with zero attached hydrogens (tertiary/aromatic N) is 5. The van der Waals surface area contributed by atoms with Crippen LogP contribution in [0.1, 0.15) is 11.3 Å². The van der Waals surface area contributed by atoms with Crippen molar-refractivity contribution in [2.24, 2.45) is 7.05 Å². The Balaban J connectivity index is 1.54. The van der Waals surface area contributed by atoms with Crippen LogP contribution < -0.4 is 10.2 Å². The molecular weight excluding hydrogens is 460 g/mol. The lowest BCUT2D eigenvalue weighted by atomic mass is 10.1. The summed E-state index contributed by atoms with van der Waals surface area (Å²) in [5, 5.41) is 11.3. The van der Waals surface area contributed by atoms with E-state index < -0.39 is 10.0 Å². The first-order valence-electron chi connectivity index (χ1n) is 9.96. The highest BCUT2D eigenvalue weighted by Crippen LogP contribution is 2.22. The average Bonchev–Trinajstić information content (AvgIpc) is 3.45. The van der Waals surface area contributed by atoms with Crippen LogP contribution in [0.3, 0.4) is 0 Å². The summed E-state index contributed by atoms with van der Waals surface area (Å²) in [5.74, 6) is -0.254. The highest BCUT2D eigenvalue weighted by atomic mass is 32.2. The van der Waals surface area contributed by atoms with E-state index in [1.807, 2.05) is 19.3 Å². The molecule has 0 radical (unpaired) electrons. The Morgan fingerprint density at radius 3 is 2.67 bits per heavy atom. The standard InChI is InChI=1S/C22H18N6O3S2/c1-28-11-17(9-24-28)16-7-20-21(23-8-16)5-4-15-3-2-14(6-19(15)22(20)29)13-33(30,31)25-10-18-12-32-27-26-18/h2-9,11-12,25H,10,13H2,1H3. The fourth-order valence-corrected chi connectivity index (χ4v) is 5.12. The van der Waals surface area contributed by atoms with Gasteiger partial charge in [-0.25, -0.2) is 13.1 Å². The van der Waals surface area contributed by atoms with Gasteiger partial charge in [0, 0.05) is 46.7 Å². The van der Waals surface area contributed by atoms with Gasteiger partial charge in [0.2, 0.25) is 10.0 Å². The summed E-state index contributed by atoms with van der Waals surface area (Å²) in [6, 6.07) is 10.5. The van der Waals surface area contributed by atoms with Gasteiger partial charge in [-0.05, 0) is 40.7 Å². The topological polar surface area (TPSA) is 120 Å². The molecule has 0 bridgehead atoms. The van der Waals surface area contributed by atoms with Crippen LogP contribution >= 0.6 is 11.5 Å². The predicted molar refractivity (Wildman–Crippen MR) is 127 cm³/mol. The van der Waals surface area contributed by atoms with Crippen molar-refractivity contribution in [2.75, 3.05) is 0 Å². The van der Waals surface area contributed by atoms with E-state index in [-0.39, 0.29) is 17.7 Å². The molecule has 33 heavy (non-hydrogen) atoms. The lowest BCUT2D eigenvalue weighted by molar-refractivity contribution is 0.579. The maximum absolute atomic E-state index is 13.4. The van der Waals surface area contributed by atoms with Crippen molar-refractivity contribution in [3.8, 4) is 11.1 Å². The second kappa shape index (κ2) is 8.43. The predicted octanol–water partition coefficient (Wildman–Crippen LogP) is 2.62. The molecule has 0 fully saturated rings. The van der Waals surface area contributed by atoms with Gasteiger partial charge in [-0.2, -0.15) is 5.10 Å². The van der Waals surface area contributed by atoms with E-state index in [1.165, 1.54) is 0 Å². The Bertz CT molecular complexity index is 1650. The lowest BCUT2D eigenvalue weighted by Gasteiger charge is -2.06. The van der Waals surface area contributed by atoms with Gasteiger partial charge in [0.25, 0.3) is 0 Å². The van der Waals surface area contributed by atoms with Crippen molar-refractivity contribution >= 4 is 43.2 Å². The summed E-state index contributed by atoms with van der Waals surface area (Å²) >= 11 is 1.16. The van der Waals surface area contributed by atoms with Crippen LogP contribution in [0.5, 0.6) is 0 Å². The van der Waals surface area contributed by atoms with Crippen molar-refractivity contribution < 1.29 is 8.42 Å². The number of rotatable bonds is 6. The lowest BCUT2D eigenvalue weighted by Crippen LogP contribution is -2.24. The summed E-state index contributed by atoms with van der Waals surface area (Å²) in [6.45, 7) is 0.0710. The molecule has 5 aromatic rings. The second-order valence-electron chi connectivity index (χ2n) is 7.62. The largest absolute Gasteiger partial charge is 0.289 e. The smallest absolute Gasteiger partial charge is 0.216 e. The number of sulfonamides is 1. The van der Waals surface area contributed by atoms with Crippen LogP contribution in [-0.2, 0) is 29.4 Å². The molecule has 0 saturated carbocycles. The van der Waals surface area contributed by atoms with Gasteiger partial charge in [0.05, 0.1) is 29.7 Å². The Morgan fingerprint density at radius 1 is 1.06 bits per heavy atom. The van der Waals surface area contributed by atoms with Crippen LogP contribution in [-0.4, -0.2) is 32.8 Å². The minimum Gasteiger partial charge on any atom is -0.289 e. The molecule has 0 aliphatic heterocycles. The maximum atomic E-state index is 13.4. The normalized spacial score (nSPS) is 11.9. The molecule has 0 amide bonds. The minimum absolute atomic E-state index is 0.0710. The molecule has 3 aromatic heterocycles. The van der Waals surface area contributed by atoms with E-state index in [9.17, 15) is 13.2 Å². The van der Waals surface area contributed by atoms with Gasteiger partial charge in [0.15, 0.2) is 5.43 Å². The van der Waals surface area contributed by atoms with E-state index in [2.05, 4.69) is 24.4 Å². The monoisotopic (exact) mass is 478 g/mol. The van der Waals surface area contributed by atoms with Gasteiger partial charge in [-0.15, -0.1) is 5.10 Å². The number of aromatic nitrogens is 5. The summed E-state index contributed by atoms with van der Waals surface area (Å²) in [5.41, 5.74) is 3.07. The van der Waals surface area contributed by atoms with Crippen LogP contribution in [0.15, 0.2) is 65.2 Å². The van der Waals surface area contributed by atoms with E-state index in [4.69, 9.17) is 0 Å². The molecule has 0 spiro atoms. The van der Waals surface area contributed by atoms with Crippen LogP contribution in [0, 0.1) is 0 Å². The number of nitrogens with one attached hydrogen (secondary N) is 1. The van der Waals surface area contributed by atoms with Gasteiger partial charge in [0.1, 0.15) is 0 Å². The number of benzene rings is 1. The zero-order chi connectivity index (χ0) is 23.0. The van der Waals surface area contributed by atoms with Crippen molar-refractivity contribution in [3.05, 3.63) is 81.8 Å². The third-order valence-corrected chi connectivity index (χ3v) is 7.07. The van der Waals surface area contributed by atoms with Gasteiger partial charge in [-0.1, -0.05) is 22.7 Å². The molecule has 0 unspecified atom stereocenters. The van der Waals surface area contributed by atoms with Gasteiger partial charge < -0.3 is 0 Å². The van der Waals surface area contributed by atoms with E-state index >= 15 is 0 Å². The number of hydrogen-bond donors (Lipinski definition) is 1. The number of pyridine rings is 1. The highest BCUT2D eigenvalue weighted by Gasteiger charge is 2.14. The summed E-state index contributed by atoms with van der Waals surface area (Å²) in [6.07, 6.45) is 5.28. The summed E-state index contributed by atoms with van der Waals surface area (Å²) in [7, 11) is -1.81. The molecule has 166 valence electrons. The molecule has 9 nitrogen and oxygen atoms in total. The fraction of sp³-hybridized carbons (Fsp3) is 0.136. The first-order valence-corrected chi connectivity index (χ1v) is 12.4. The average molecular weight is 479 g/mol. The third-order valence-electron chi connectivity index (χ3n) is 5.22. The van der Waals surface area contributed by atoms with Crippen molar-refractivity contribution in [2.45, 2.75) is 12.3 Å². The molecule has 1 N–H and O–H groups in total. The van der Waals surface area contributed by atoms with Crippen LogP contribution in [0.2, 0.25) is 0 Å². The zero-order valence-corrected chi connectivity index (χ0v) is 19.1. The molecule has 3 heterocycles. The third kappa shape index (κ3) is 4.51. The summed E-state index contributed by atoms with van der Waals surface area (Å²) < 4.78 is 33.0. The summed E-state index contributed by atoms with van der Waals surface area (Å²) in [4.78, 5) is 17.9. The Morgan fingerprint density at radius 2 is 1.91 bits per heavy atom. The molecule has 2 aromatic carbocycles. The Hall–Kier alpha value is -3.54. The molecule has 0 atom stereocenters. The number of aryl methyl sites for hydroxylation is 1. The Kier molecular flexibility index (Phi) is 5.44. The first kappa shape index (κ1) is 21.3. The van der Waals surface area contributed by atoms with Crippen LogP contribution in [0.25, 0.3) is 32.8 Å². The molecular formula is C22H18N6O3S2. The van der Waals surface area contributed by atoms with Crippen molar-refractivity contribution in [1.82, 2.24) is 29.1 Å². The van der Waals surface area contributed by atoms with E-state index in [1.54, 1.807) is 52.8 Å². The first-order chi connectivity index (χ1) is 15.9. The van der Waals surface area contributed by atoms with Crippen molar-refractivity contribution in [3.63, 3.8) is 0 Å². The van der Waals surface area contributed by atoms with E-state index in [0.717, 1.165) is 22.7 Å². The number of fused-ring (bicyclic) bond motifs is 2. The quantitative estimate of drug-likeness (QED) is 0.398. The maximum Gasteiger partial charge on any atom is 0.216 e. The molecule has 0 aliphatic rings. The fourth-order valence-electron chi connectivity index (χ4n) is 3.58. The zero-order valence-electron chi connectivity index (χ0n) is 17.5. The molecule has 5 rings (SSSR count). The van der Waals surface area contributed by atoms with Crippen LogP contribution in [0.4, 0.5) is 0 Å². The number of hydrogen-bond acceptors (Lipinski definition) is 8.